The van der Waals surface area contributed by atoms with Crippen LogP contribution < -0.4 is 0 Å². The van der Waals surface area contributed by atoms with E-state index in [-0.39, 0.29) is 30.2 Å². The molecule has 1 N–H and O–H groups in total. The number of hydrogen-bond donors (Lipinski definition) is 1. The lowest BCUT2D eigenvalue weighted by Gasteiger charge is -2.34. The quantitative estimate of drug-likeness (QED) is 0.916. The van der Waals surface area contributed by atoms with Crippen LogP contribution in [0.5, 0.6) is 0 Å². The van der Waals surface area contributed by atoms with Gasteiger partial charge in [-0.25, -0.2) is 4.39 Å². The zero-order chi connectivity index (χ0) is 15.7. The zero-order valence-electron chi connectivity index (χ0n) is 12.3. The molecule has 6 heteroatoms. The smallest absolute Gasteiger partial charge is 0.226 e. The predicted octanol–water partition coefficient (Wildman–Crippen LogP) is 1.72. The van der Waals surface area contributed by atoms with Gasteiger partial charge in [0.1, 0.15) is 5.82 Å². The van der Waals surface area contributed by atoms with E-state index in [2.05, 4.69) is 4.90 Å². The number of benzene rings is 1. The minimum absolute atomic E-state index is 0.0864. The molecule has 2 unspecified atom stereocenters. The fraction of sp³-hybridized carbons (Fsp3) is 0.562. The van der Waals surface area contributed by atoms with Crippen LogP contribution in [0.2, 0.25) is 5.02 Å². The van der Waals surface area contributed by atoms with Gasteiger partial charge in [0.05, 0.1) is 6.61 Å². The van der Waals surface area contributed by atoms with Gasteiger partial charge in [-0.2, -0.15) is 0 Å². The van der Waals surface area contributed by atoms with Crippen molar-refractivity contribution in [2.24, 2.45) is 5.92 Å². The number of nitrogens with zero attached hydrogens (tertiary/aromatic N) is 2. The van der Waals surface area contributed by atoms with E-state index < -0.39 is 0 Å². The predicted molar refractivity (Wildman–Crippen MR) is 82.4 cm³/mol. The van der Waals surface area contributed by atoms with Crippen LogP contribution in [0, 0.1) is 11.7 Å². The number of β-amino-alcohol motifs (C(OH)–C–C–N with tert-alkyl or cyclic N) is 1. The Morgan fingerprint density at radius 1 is 1.32 bits per heavy atom. The van der Waals surface area contributed by atoms with Gasteiger partial charge in [-0.05, 0) is 18.6 Å². The van der Waals surface area contributed by atoms with Gasteiger partial charge in [-0.1, -0.05) is 17.7 Å². The summed E-state index contributed by atoms with van der Waals surface area (Å²) in [5.41, 5.74) is 0.487. The summed E-state index contributed by atoms with van der Waals surface area (Å²) in [6, 6.07) is 4.66. The van der Waals surface area contributed by atoms with Gasteiger partial charge in [0.15, 0.2) is 0 Å². The summed E-state index contributed by atoms with van der Waals surface area (Å²) in [5, 5.41) is 9.34. The van der Waals surface area contributed by atoms with Crippen molar-refractivity contribution in [1.29, 1.82) is 0 Å². The molecule has 1 aliphatic carbocycles. The number of rotatable bonds is 4. The lowest BCUT2D eigenvalue weighted by atomic mass is 10.1. The van der Waals surface area contributed by atoms with Crippen molar-refractivity contribution < 1.29 is 14.3 Å². The summed E-state index contributed by atoms with van der Waals surface area (Å²) in [5.74, 6) is -0.441. The van der Waals surface area contributed by atoms with Gasteiger partial charge in [0.2, 0.25) is 5.91 Å². The Bertz CT molecular complexity index is 541. The highest BCUT2D eigenvalue weighted by Gasteiger charge is 2.48. The number of carbonyl (C=O) groups is 1. The van der Waals surface area contributed by atoms with Crippen LogP contribution in [0.25, 0.3) is 0 Å². The standard InChI is InChI=1S/C16H20ClFN2O2/c17-13-2-1-3-14(18)15(13)11-10-12(11)16(22)20-6-4-19(5-7-20)8-9-21/h1-3,11-12,21H,4-10H2. The molecule has 0 bridgehead atoms. The van der Waals surface area contributed by atoms with E-state index in [9.17, 15) is 9.18 Å². The van der Waals surface area contributed by atoms with Gasteiger partial charge in [-0.3, -0.25) is 9.69 Å². The molecule has 2 atom stereocenters. The lowest BCUT2D eigenvalue weighted by Crippen LogP contribution is -2.49. The lowest BCUT2D eigenvalue weighted by molar-refractivity contribution is -0.134. The van der Waals surface area contributed by atoms with Crippen LogP contribution >= 0.6 is 11.6 Å². The molecule has 1 aromatic rings. The van der Waals surface area contributed by atoms with Crippen LogP contribution in [-0.4, -0.2) is 60.1 Å². The minimum Gasteiger partial charge on any atom is -0.395 e. The van der Waals surface area contributed by atoms with Gasteiger partial charge >= 0.3 is 0 Å². The normalized spacial score (nSPS) is 25.3. The molecule has 120 valence electrons. The molecular formula is C16H20ClFN2O2. The van der Waals surface area contributed by atoms with E-state index in [1.165, 1.54) is 6.07 Å². The monoisotopic (exact) mass is 326 g/mol. The molecular weight excluding hydrogens is 307 g/mol. The van der Waals surface area contributed by atoms with Crippen LogP contribution in [0.1, 0.15) is 17.9 Å². The fourth-order valence-electron chi connectivity index (χ4n) is 3.22. The Labute approximate surface area is 134 Å². The first kappa shape index (κ1) is 15.7. The van der Waals surface area contributed by atoms with Crippen molar-refractivity contribution in [3.05, 3.63) is 34.6 Å². The molecule has 2 fully saturated rings. The van der Waals surface area contributed by atoms with E-state index in [4.69, 9.17) is 16.7 Å². The fourth-order valence-corrected chi connectivity index (χ4v) is 3.52. The first-order chi connectivity index (χ1) is 10.6. The summed E-state index contributed by atoms with van der Waals surface area (Å²) >= 11 is 6.08. The molecule has 1 saturated carbocycles. The van der Waals surface area contributed by atoms with Crippen molar-refractivity contribution in [3.8, 4) is 0 Å². The Hall–Kier alpha value is -1.17. The third-order valence-electron chi connectivity index (χ3n) is 4.58. The van der Waals surface area contributed by atoms with Crippen LogP contribution in [-0.2, 0) is 4.79 Å². The number of hydrogen-bond acceptors (Lipinski definition) is 3. The average Bonchev–Trinajstić information content (AvgIpc) is 3.28. The summed E-state index contributed by atoms with van der Waals surface area (Å²) < 4.78 is 13.9. The average molecular weight is 327 g/mol. The molecule has 1 heterocycles. The minimum atomic E-state index is -0.319. The summed E-state index contributed by atoms with van der Waals surface area (Å²) in [6.07, 6.45) is 0.677. The van der Waals surface area contributed by atoms with Crippen LogP contribution in [0.4, 0.5) is 4.39 Å². The van der Waals surface area contributed by atoms with Gasteiger partial charge in [0, 0.05) is 55.1 Å². The molecule has 1 aromatic carbocycles. The third kappa shape index (κ3) is 3.12. The molecule has 1 amide bonds. The van der Waals surface area contributed by atoms with Gasteiger partial charge < -0.3 is 10.0 Å². The SMILES string of the molecule is O=C(C1CC1c1c(F)cccc1Cl)N1CCN(CCO)CC1. The number of piperazine rings is 1. The van der Waals surface area contributed by atoms with Crippen molar-refractivity contribution in [2.75, 3.05) is 39.3 Å². The Morgan fingerprint density at radius 2 is 2.05 bits per heavy atom. The number of aliphatic hydroxyl groups excluding tert-OH is 1. The summed E-state index contributed by atoms with van der Waals surface area (Å²) in [4.78, 5) is 16.5. The Balaban J connectivity index is 1.60. The number of carbonyl (C=O) groups excluding carboxylic acids is 1. The molecule has 3 rings (SSSR count). The number of aliphatic hydroxyl groups is 1. The van der Waals surface area contributed by atoms with Crippen molar-refractivity contribution in [3.63, 3.8) is 0 Å². The molecule has 1 aliphatic heterocycles. The molecule has 22 heavy (non-hydrogen) atoms. The molecule has 2 aliphatic rings. The first-order valence-corrected chi connectivity index (χ1v) is 8.05. The summed E-state index contributed by atoms with van der Waals surface area (Å²) in [6.45, 7) is 3.71. The van der Waals surface area contributed by atoms with E-state index >= 15 is 0 Å². The molecule has 0 radical (unpaired) electrons. The first-order valence-electron chi connectivity index (χ1n) is 7.67. The Kier molecular flexibility index (Phi) is 4.66. The highest BCUT2D eigenvalue weighted by molar-refractivity contribution is 6.31. The van der Waals surface area contributed by atoms with Gasteiger partial charge in [0.25, 0.3) is 0 Å². The maximum atomic E-state index is 13.9. The van der Waals surface area contributed by atoms with Gasteiger partial charge in [-0.15, -0.1) is 0 Å². The topological polar surface area (TPSA) is 43.8 Å². The third-order valence-corrected chi connectivity index (χ3v) is 4.91. The van der Waals surface area contributed by atoms with E-state index in [1.54, 1.807) is 12.1 Å². The van der Waals surface area contributed by atoms with Crippen LogP contribution in [0.15, 0.2) is 18.2 Å². The number of amides is 1. The zero-order valence-corrected chi connectivity index (χ0v) is 13.1. The molecule has 4 nitrogen and oxygen atoms in total. The van der Waals surface area contributed by atoms with E-state index in [0.717, 1.165) is 13.1 Å². The molecule has 0 aromatic heterocycles. The second-order valence-electron chi connectivity index (χ2n) is 5.97. The summed E-state index contributed by atoms with van der Waals surface area (Å²) in [7, 11) is 0. The highest BCUT2D eigenvalue weighted by atomic mass is 35.5. The van der Waals surface area contributed by atoms with Crippen molar-refractivity contribution >= 4 is 17.5 Å². The Morgan fingerprint density at radius 3 is 2.68 bits per heavy atom. The maximum absolute atomic E-state index is 13.9. The highest BCUT2D eigenvalue weighted by Crippen LogP contribution is 2.51. The van der Waals surface area contributed by atoms with Crippen molar-refractivity contribution in [2.45, 2.75) is 12.3 Å². The second-order valence-corrected chi connectivity index (χ2v) is 6.38. The number of halogens is 2. The molecule has 1 saturated heterocycles. The van der Waals surface area contributed by atoms with Crippen molar-refractivity contribution in [1.82, 2.24) is 9.80 Å². The van der Waals surface area contributed by atoms with E-state index in [0.29, 0.717) is 36.6 Å². The van der Waals surface area contributed by atoms with E-state index in [1.807, 2.05) is 4.90 Å². The molecule has 0 spiro atoms. The van der Waals surface area contributed by atoms with Crippen LogP contribution in [0.3, 0.4) is 0 Å². The second kappa shape index (κ2) is 6.52. The largest absolute Gasteiger partial charge is 0.395 e. The maximum Gasteiger partial charge on any atom is 0.226 e.